The predicted molar refractivity (Wildman–Crippen MR) is 77.4 cm³/mol. The van der Waals surface area contributed by atoms with Crippen molar-refractivity contribution < 1.29 is 4.52 Å². The Kier molecular flexibility index (Phi) is 3.34. The Balaban J connectivity index is 1.91. The van der Waals surface area contributed by atoms with Gasteiger partial charge in [0.1, 0.15) is 0 Å². The van der Waals surface area contributed by atoms with Crippen LogP contribution >= 0.6 is 11.6 Å². The van der Waals surface area contributed by atoms with Crippen molar-refractivity contribution in [3.8, 4) is 11.1 Å². The molecule has 5 heteroatoms. The first-order valence-electron chi connectivity index (χ1n) is 6.51. The van der Waals surface area contributed by atoms with Gasteiger partial charge in [0.05, 0.1) is 22.5 Å². The molecule has 4 nitrogen and oxygen atoms in total. The minimum absolute atomic E-state index is 0.321. The molecule has 0 aliphatic carbocycles. The number of nitrogen functional groups attached to an aromatic ring is 1. The average Bonchev–Trinajstić information content (AvgIpc) is 2.86. The lowest BCUT2D eigenvalue weighted by Gasteiger charge is -2.29. The van der Waals surface area contributed by atoms with Crippen LogP contribution in [0.3, 0.4) is 0 Å². The third-order valence-electron chi connectivity index (χ3n) is 3.55. The van der Waals surface area contributed by atoms with Crippen molar-refractivity contribution in [2.75, 3.05) is 23.7 Å². The topological polar surface area (TPSA) is 55.3 Å². The Bertz CT molecular complexity index is 576. The molecule has 0 bridgehead atoms. The minimum atomic E-state index is 0.321. The molecule has 3 rings (SSSR count). The highest BCUT2D eigenvalue weighted by Gasteiger charge is 2.15. The lowest BCUT2D eigenvalue weighted by Crippen LogP contribution is -2.29. The molecule has 0 saturated carbocycles. The van der Waals surface area contributed by atoms with Gasteiger partial charge in [0, 0.05) is 13.1 Å². The molecule has 1 fully saturated rings. The van der Waals surface area contributed by atoms with Gasteiger partial charge in [-0.2, -0.15) is 0 Å². The van der Waals surface area contributed by atoms with Crippen LogP contribution in [0.5, 0.6) is 0 Å². The Morgan fingerprint density at radius 3 is 2.63 bits per heavy atom. The summed E-state index contributed by atoms with van der Waals surface area (Å²) in [5.74, 6) is 0.321. The molecule has 1 saturated heterocycles. The fourth-order valence-electron chi connectivity index (χ4n) is 2.53. The van der Waals surface area contributed by atoms with Crippen molar-refractivity contribution in [1.29, 1.82) is 0 Å². The Morgan fingerprint density at radius 2 is 2.00 bits per heavy atom. The van der Waals surface area contributed by atoms with E-state index < -0.39 is 0 Å². The van der Waals surface area contributed by atoms with E-state index in [1.165, 1.54) is 19.3 Å². The first-order chi connectivity index (χ1) is 9.25. The molecule has 0 unspecified atom stereocenters. The van der Waals surface area contributed by atoms with Gasteiger partial charge in [-0.1, -0.05) is 22.8 Å². The fourth-order valence-corrected chi connectivity index (χ4v) is 2.83. The number of benzene rings is 1. The van der Waals surface area contributed by atoms with E-state index in [4.69, 9.17) is 21.9 Å². The van der Waals surface area contributed by atoms with E-state index in [1.54, 1.807) is 6.20 Å². The largest absolute Gasteiger partial charge is 0.370 e. The smallest absolute Gasteiger partial charge is 0.229 e. The quantitative estimate of drug-likeness (QED) is 0.912. The number of nitrogens with zero attached hydrogens (tertiary/aromatic N) is 2. The van der Waals surface area contributed by atoms with E-state index in [2.05, 4.69) is 16.1 Å². The van der Waals surface area contributed by atoms with Crippen LogP contribution in [-0.4, -0.2) is 18.2 Å². The zero-order chi connectivity index (χ0) is 13.2. The highest BCUT2D eigenvalue weighted by atomic mass is 35.5. The lowest BCUT2D eigenvalue weighted by atomic mass is 10.1. The molecule has 0 spiro atoms. The van der Waals surface area contributed by atoms with Crippen LogP contribution in [0, 0.1) is 0 Å². The van der Waals surface area contributed by atoms with Gasteiger partial charge in [0.25, 0.3) is 0 Å². The molecular formula is C14H16ClN3O. The maximum Gasteiger partial charge on any atom is 0.229 e. The van der Waals surface area contributed by atoms with Crippen LogP contribution in [0.4, 0.5) is 11.6 Å². The van der Waals surface area contributed by atoms with Crippen molar-refractivity contribution in [2.24, 2.45) is 0 Å². The molecule has 2 N–H and O–H groups in total. The second kappa shape index (κ2) is 5.13. The number of aromatic nitrogens is 1. The van der Waals surface area contributed by atoms with Crippen LogP contribution in [0.15, 0.2) is 28.9 Å². The maximum absolute atomic E-state index is 6.40. The number of rotatable bonds is 2. The van der Waals surface area contributed by atoms with Crippen LogP contribution in [0.25, 0.3) is 11.1 Å². The van der Waals surface area contributed by atoms with Gasteiger partial charge in [-0.3, -0.25) is 0 Å². The third kappa shape index (κ3) is 2.40. The molecule has 1 aromatic carbocycles. The van der Waals surface area contributed by atoms with Gasteiger partial charge >= 0.3 is 0 Å². The van der Waals surface area contributed by atoms with Gasteiger partial charge in [-0.15, -0.1) is 0 Å². The number of piperidine rings is 1. The van der Waals surface area contributed by atoms with Crippen molar-refractivity contribution in [3.63, 3.8) is 0 Å². The number of halogens is 1. The van der Waals surface area contributed by atoms with E-state index in [9.17, 15) is 0 Å². The number of nitrogens with two attached hydrogens (primary N) is 1. The first-order valence-corrected chi connectivity index (χ1v) is 6.88. The Hall–Kier alpha value is -1.68. The van der Waals surface area contributed by atoms with E-state index in [-0.39, 0.29) is 0 Å². The Morgan fingerprint density at radius 1 is 1.21 bits per heavy atom. The van der Waals surface area contributed by atoms with Gasteiger partial charge in [-0.05, 0) is 37.0 Å². The summed E-state index contributed by atoms with van der Waals surface area (Å²) in [6.07, 6.45) is 5.39. The average molecular weight is 278 g/mol. The zero-order valence-corrected chi connectivity index (χ0v) is 11.4. The summed E-state index contributed by atoms with van der Waals surface area (Å²) >= 11 is 6.40. The van der Waals surface area contributed by atoms with Crippen LogP contribution in [0.1, 0.15) is 19.3 Å². The van der Waals surface area contributed by atoms with Crippen LogP contribution in [-0.2, 0) is 0 Å². The second-order valence-electron chi connectivity index (χ2n) is 4.82. The molecule has 2 aromatic rings. The summed E-state index contributed by atoms with van der Waals surface area (Å²) in [5, 5.41) is 4.44. The molecule has 2 heterocycles. The Labute approximate surface area is 117 Å². The summed E-state index contributed by atoms with van der Waals surface area (Å²) in [6, 6.07) is 5.99. The lowest BCUT2D eigenvalue weighted by molar-refractivity contribution is 0.436. The van der Waals surface area contributed by atoms with Crippen molar-refractivity contribution in [1.82, 2.24) is 5.16 Å². The second-order valence-corrected chi connectivity index (χ2v) is 5.22. The molecule has 0 amide bonds. The monoisotopic (exact) mass is 277 g/mol. The molecule has 1 aliphatic rings. The molecule has 1 aliphatic heterocycles. The van der Waals surface area contributed by atoms with E-state index >= 15 is 0 Å². The molecule has 0 atom stereocenters. The van der Waals surface area contributed by atoms with E-state index in [1.807, 2.05) is 12.1 Å². The molecular weight excluding hydrogens is 262 g/mol. The summed E-state index contributed by atoms with van der Waals surface area (Å²) < 4.78 is 4.88. The summed E-state index contributed by atoms with van der Waals surface area (Å²) in [4.78, 5) is 2.34. The first kappa shape index (κ1) is 12.4. The summed E-state index contributed by atoms with van der Waals surface area (Å²) in [7, 11) is 0. The van der Waals surface area contributed by atoms with Gasteiger partial charge in [-0.25, -0.2) is 0 Å². The molecule has 1 aromatic heterocycles. The van der Waals surface area contributed by atoms with E-state index in [0.29, 0.717) is 5.88 Å². The maximum atomic E-state index is 6.40. The van der Waals surface area contributed by atoms with Crippen molar-refractivity contribution in [3.05, 3.63) is 29.4 Å². The predicted octanol–water partition coefficient (Wildman–Crippen LogP) is 3.57. The standard InChI is InChI=1S/C14H16ClN3O/c15-12-8-10(11-9-17-19-14(11)16)4-5-13(12)18-6-2-1-3-7-18/h4-5,8-9H,1-3,6-7,16H2. The highest BCUT2D eigenvalue weighted by Crippen LogP contribution is 2.34. The van der Waals surface area contributed by atoms with Gasteiger partial charge in [0.2, 0.25) is 5.88 Å². The van der Waals surface area contributed by atoms with Gasteiger partial charge < -0.3 is 15.2 Å². The number of hydrogen-bond donors (Lipinski definition) is 1. The summed E-state index contributed by atoms with van der Waals surface area (Å²) in [6.45, 7) is 2.16. The number of hydrogen-bond acceptors (Lipinski definition) is 4. The highest BCUT2D eigenvalue weighted by molar-refractivity contribution is 6.33. The summed E-state index contributed by atoms with van der Waals surface area (Å²) in [5.41, 5.74) is 8.54. The molecule has 100 valence electrons. The normalized spacial score (nSPS) is 15.7. The zero-order valence-electron chi connectivity index (χ0n) is 10.6. The van der Waals surface area contributed by atoms with Crippen molar-refractivity contribution >= 4 is 23.2 Å². The molecule has 0 radical (unpaired) electrons. The van der Waals surface area contributed by atoms with Gasteiger partial charge in [0.15, 0.2) is 0 Å². The van der Waals surface area contributed by atoms with E-state index in [0.717, 1.165) is 34.9 Å². The van der Waals surface area contributed by atoms with Crippen LogP contribution < -0.4 is 10.6 Å². The van der Waals surface area contributed by atoms with Crippen LogP contribution in [0.2, 0.25) is 5.02 Å². The molecule has 19 heavy (non-hydrogen) atoms. The SMILES string of the molecule is Nc1oncc1-c1ccc(N2CCCCC2)c(Cl)c1. The fraction of sp³-hybridized carbons (Fsp3) is 0.357. The minimum Gasteiger partial charge on any atom is -0.370 e. The number of anilines is 2. The third-order valence-corrected chi connectivity index (χ3v) is 3.86. The van der Waals surface area contributed by atoms with Crippen molar-refractivity contribution in [2.45, 2.75) is 19.3 Å².